The van der Waals surface area contributed by atoms with Crippen molar-refractivity contribution in [2.75, 3.05) is 13.7 Å². The molecule has 2 bridgehead atoms. The Hall–Kier alpha value is -2.01. The van der Waals surface area contributed by atoms with Gasteiger partial charge in [0.1, 0.15) is 11.7 Å². The fourth-order valence-electron chi connectivity index (χ4n) is 4.91. The van der Waals surface area contributed by atoms with E-state index in [1.165, 1.54) is 12.8 Å². The van der Waals surface area contributed by atoms with Crippen molar-refractivity contribution in [1.82, 2.24) is 9.47 Å². The molecule has 1 aromatic carbocycles. The van der Waals surface area contributed by atoms with Gasteiger partial charge in [-0.3, -0.25) is 0 Å². The first-order valence-corrected chi connectivity index (χ1v) is 9.39. The number of fused-ring (bicyclic) bond motifs is 5. The summed E-state index contributed by atoms with van der Waals surface area (Å²) >= 11 is 0. The van der Waals surface area contributed by atoms with Gasteiger partial charge in [0.2, 0.25) is 5.88 Å². The van der Waals surface area contributed by atoms with E-state index in [0.29, 0.717) is 30.1 Å². The molecule has 25 heavy (non-hydrogen) atoms. The van der Waals surface area contributed by atoms with Gasteiger partial charge in [0.05, 0.1) is 12.1 Å². The zero-order valence-electron chi connectivity index (χ0n) is 14.6. The molecular formula is C20H24N2O3. The molecule has 0 spiro atoms. The Morgan fingerprint density at radius 2 is 1.96 bits per heavy atom. The normalized spacial score (nSPS) is 28.6. The molecule has 5 rings (SSSR count). The molecule has 3 atom stereocenters. The van der Waals surface area contributed by atoms with Gasteiger partial charge in [-0.1, -0.05) is 18.2 Å². The second-order valence-corrected chi connectivity index (χ2v) is 7.60. The number of nitrogens with zero attached hydrogens (tertiary/aromatic N) is 2. The number of aryl methyl sites for hydroxylation is 1. The van der Waals surface area contributed by atoms with Gasteiger partial charge in [-0.05, 0) is 32.4 Å². The van der Waals surface area contributed by atoms with Crippen LogP contribution in [0.2, 0.25) is 0 Å². The fourth-order valence-corrected chi connectivity index (χ4v) is 4.91. The standard InChI is InChI=1S/C20H24N2O3/c1-21-13-7-8-14(21)12-15(11-13)25-20(23)18-16-5-2-3-6-17(16)22-9-4-10-24-19(18)22/h2-3,5-6,13-15H,4,7-12H2,1H3/t13-,14+,15+. The molecule has 0 amide bonds. The van der Waals surface area contributed by atoms with Crippen LogP contribution in [-0.2, 0) is 11.3 Å². The van der Waals surface area contributed by atoms with E-state index in [0.717, 1.165) is 36.7 Å². The zero-order chi connectivity index (χ0) is 17.0. The third-order valence-corrected chi connectivity index (χ3v) is 6.22. The number of aromatic nitrogens is 1. The third-order valence-electron chi connectivity index (χ3n) is 6.22. The molecule has 3 aliphatic rings. The van der Waals surface area contributed by atoms with Crippen molar-refractivity contribution in [2.24, 2.45) is 0 Å². The van der Waals surface area contributed by atoms with Crippen molar-refractivity contribution in [3.8, 4) is 5.88 Å². The Balaban J connectivity index is 1.46. The number of ether oxygens (including phenoxy) is 2. The van der Waals surface area contributed by atoms with Crippen molar-refractivity contribution < 1.29 is 14.3 Å². The smallest absolute Gasteiger partial charge is 0.344 e. The summed E-state index contributed by atoms with van der Waals surface area (Å²) in [5.74, 6) is 0.467. The first-order valence-electron chi connectivity index (χ1n) is 9.39. The maximum absolute atomic E-state index is 13.0. The number of carbonyl (C=O) groups excluding carboxylic acids is 1. The van der Waals surface area contributed by atoms with Crippen LogP contribution in [0.25, 0.3) is 10.9 Å². The highest BCUT2D eigenvalue weighted by molar-refractivity contribution is 6.07. The summed E-state index contributed by atoms with van der Waals surface area (Å²) in [6.07, 6.45) is 5.35. The van der Waals surface area contributed by atoms with Crippen LogP contribution in [0.15, 0.2) is 24.3 Å². The second-order valence-electron chi connectivity index (χ2n) is 7.60. The predicted octanol–water partition coefficient (Wildman–Crippen LogP) is 3.21. The maximum Gasteiger partial charge on any atom is 0.344 e. The summed E-state index contributed by atoms with van der Waals surface area (Å²) < 4.78 is 14.0. The molecule has 0 unspecified atom stereocenters. The Labute approximate surface area is 147 Å². The predicted molar refractivity (Wildman–Crippen MR) is 95.1 cm³/mol. The summed E-state index contributed by atoms with van der Waals surface area (Å²) in [6.45, 7) is 1.55. The van der Waals surface area contributed by atoms with Crippen LogP contribution in [0.5, 0.6) is 5.88 Å². The van der Waals surface area contributed by atoms with Gasteiger partial charge in [0.15, 0.2) is 0 Å². The first-order chi connectivity index (χ1) is 12.2. The van der Waals surface area contributed by atoms with Gasteiger partial charge in [-0.25, -0.2) is 4.79 Å². The van der Waals surface area contributed by atoms with Crippen LogP contribution in [-0.4, -0.2) is 47.3 Å². The maximum atomic E-state index is 13.0. The highest BCUT2D eigenvalue weighted by Gasteiger charge is 2.40. The van der Waals surface area contributed by atoms with Crippen molar-refractivity contribution in [1.29, 1.82) is 0 Å². The number of hydrogen-bond donors (Lipinski definition) is 0. The SMILES string of the molecule is CN1[C@@H]2CC[C@H]1C[C@@H](OC(=O)c1c3n(c4ccccc14)CCCO3)C2. The molecule has 0 N–H and O–H groups in total. The van der Waals surface area contributed by atoms with Gasteiger partial charge in [-0.2, -0.15) is 0 Å². The second kappa shape index (κ2) is 5.77. The van der Waals surface area contributed by atoms with Gasteiger partial charge in [-0.15, -0.1) is 0 Å². The Morgan fingerprint density at radius 3 is 2.76 bits per heavy atom. The molecule has 2 saturated heterocycles. The summed E-state index contributed by atoms with van der Waals surface area (Å²) in [5, 5.41) is 0.945. The van der Waals surface area contributed by atoms with Gasteiger partial charge in [0, 0.05) is 36.9 Å². The molecule has 3 aliphatic heterocycles. The lowest BCUT2D eigenvalue weighted by Gasteiger charge is -2.35. The largest absolute Gasteiger partial charge is 0.478 e. The van der Waals surface area contributed by atoms with Crippen LogP contribution in [0.1, 0.15) is 42.5 Å². The molecule has 4 heterocycles. The van der Waals surface area contributed by atoms with Crippen LogP contribution in [0.4, 0.5) is 0 Å². The van der Waals surface area contributed by atoms with Crippen LogP contribution in [0, 0.1) is 0 Å². The number of benzene rings is 1. The Kier molecular flexibility index (Phi) is 3.52. The molecule has 2 aromatic rings. The molecule has 0 radical (unpaired) electrons. The highest BCUT2D eigenvalue weighted by Crippen LogP contribution is 2.38. The van der Waals surface area contributed by atoms with E-state index in [1.807, 2.05) is 18.2 Å². The molecule has 5 nitrogen and oxygen atoms in total. The van der Waals surface area contributed by atoms with Crippen LogP contribution < -0.4 is 4.74 Å². The average molecular weight is 340 g/mol. The number of hydrogen-bond acceptors (Lipinski definition) is 4. The van der Waals surface area contributed by atoms with Crippen molar-refractivity contribution in [3.63, 3.8) is 0 Å². The molecular weight excluding hydrogens is 316 g/mol. The van der Waals surface area contributed by atoms with Gasteiger partial charge in [0.25, 0.3) is 0 Å². The minimum absolute atomic E-state index is 0.0269. The summed E-state index contributed by atoms with van der Waals surface area (Å²) in [4.78, 5) is 15.5. The summed E-state index contributed by atoms with van der Waals surface area (Å²) in [6, 6.07) is 9.16. The molecule has 0 aliphatic carbocycles. The Morgan fingerprint density at radius 1 is 1.20 bits per heavy atom. The fraction of sp³-hybridized carbons (Fsp3) is 0.550. The molecule has 132 valence electrons. The quantitative estimate of drug-likeness (QED) is 0.788. The van der Waals surface area contributed by atoms with E-state index in [-0.39, 0.29) is 12.1 Å². The van der Waals surface area contributed by atoms with E-state index >= 15 is 0 Å². The van der Waals surface area contributed by atoms with Crippen molar-refractivity contribution in [3.05, 3.63) is 29.8 Å². The zero-order valence-corrected chi connectivity index (χ0v) is 14.6. The topological polar surface area (TPSA) is 43.7 Å². The first kappa shape index (κ1) is 15.3. The Bertz CT molecular complexity index is 814. The summed E-state index contributed by atoms with van der Waals surface area (Å²) in [5.41, 5.74) is 1.68. The average Bonchev–Trinajstić information content (AvgIpc) is 3.04. The number of esters is 1. The summed E-state index contributed by atoms with van der Waals surface area (Å²) in [7, 11) is 2.20. The third kappa shape index (κ3) is 2.36. The van der Waals surface area contributed by atoms with Crippen LogP contribution >= 0.6 is 0 Å². The van der Waals surface area contributed by atoms with E-state index in [9.17, 15) is 4.79 Å². The molecule has 0 saturated carbocycles. The van der Waals surface area contributed by atoms with E-state index in [2.05, 4.69) is 22.6 Å². The minimum Gasteiger partial charge on any atom is -0.478 e. The van der Waals surface area contributed by atoms with E-state index in [4.69, 9.17) is 9.47 Å². The van der Waals surface area contributed by atoms with Crippen molar-refractivity contribution >= 4 is 16.9 Å². The lowest BCUT2D eigenvalue weighted by Crippen LogP contribution is -2.43. The molecule has 5 heteroatoms. The number of carbonyl (C=O) groups is 1. The lowest BCUT2D eigenvalue weighted by atomic mass is 10.0. The number of para-hydroxylation sites is 1. The molecule has 1 aromatic heterocycles. The highest BCUT2D eigenvalue weighted by atomic mass is 16.5. The van der Waals surface area contributed by atoms with E-state index < -0.39 is 0 Å². The van der Waals surface area contributed by atoms with E-state index in [1.54, 1.807) is 0 Å². The molecule has 2 fully saturated rings. The number of rotatable bonds is 2. The number of piperidine rings is 1. The lowest BCUT2D eigenvalue weighted by molar-refractivity contribution is -0.000680. The van der Waals surface area contributed by atoms with Crippen molar-refractivity contribution in [2.45, 2.75) is 56.8 Å². The van der Waals surface area contributed by atoms with Crippen LogP contribution in [0.3, 0.4) is 0 Å². The van der Waals surface area contributed by atoms with Gasteiger partial charge >= 0.3 is 5.97 Å². The monoisotopic (exact) mass is 340 g/mol. The van der Waals surface area contributed by atoms with Gasteiger partial charge < -0.3 is 18.9 Å². The minimum atomic E-state index is -0.221.